The number of halogens is 2. The molecule has 0 saturated heterocycles. The second-order valence-electron chi connectivity index (χ2n) is 7.49. The number of rotatable bonds is 4. The van der Waals surface area contributed by atoms with Crippen LogP contribution >= 0.6 is 23.2 Å². The van der Waals surface area contributed by atoms with Gasteiger partial charge in [0, 0.05) is 13.5 Å². The third-order valence-corrected chi connectivity index (χ3v) is 6.11. The monoisotopic (exact) mass is 439 g/mol. The molecular weight excluding hydrogens is 421 g/mol. The second kappa shape index (κ2) is 7.45. The molecule has 1 aliphatic carbocycles. The molecular formula is C22H19Cl2N5O. The van der Waals surface area contributed by atoms with Crippen molar-refractivity contribution >= 4 is 56.8 Å². The summed E-state index contributed by atoms with van der Waals surface area (Å²) in [4.78, 5) is 25.3. The average Bonchev–Trinajstić information content (AvgIpc) is 3.33. The standard InChI is InChI=1S/C22H19Cl2N5O/c1-29-20-16(26-22(29)28-19-13(23)7-4-8-14(19)24)10-9-15-18(20)21(30)27-17(25-15)11-12-5-2-3-6-12/h4-5,7-10H,2-3,6,11H2,1H3,(H,26,28)(H,25,27,30). The molecule has 5 rings (SSSR count). The number of benzene rings is 2. The maximum atomic E-state index is 13.0. The molecule has 0 bridgehead atoms. The predicted octanol–water partition coefficient (Wildman–Crippen LogP) is 5.51. The van der Waals surface area contributed by atoms with Crippen LogP contribution in [0, 0.1) is 0 Å². The number of hydrogen-bond donors (Lipinski definition) is 2. The summed E-state index contributed by atoms with van der Waals surface area (Å²) in [5.74, 6) is 1.23. The minimum atomic E-state index is -0.162. The summed E-state index contributed by atoms with van der Waals surface area (Å²) in [5, 5.41) is 4.69. The fraction of sp³-hybridized carbons (Fsp3) is 0.227. The Hall–Kier alpha value is -2.83. The molecule has 0 unspecified atom stereocenters. The Morgan fingerprint density at radius 2 is 1.90 bits per heavy atom. The Morgan fingerprint density at radius 3 is 2.63 bits per heavy atom. The van der Waals surface area contributed by atoms with E-state index in [1.807, 2.05) is 23.7 Å². The summed E-state index contributed by atoms with van der Waals surface area (Å²) in [6.45, 7) is 0. The van der Waals surface area contributed by atoms with Crippen LogP contribution in [0.15, 0.2) is 46.8 Å². The molecule has 0 fully saturated rings. The van der Waals surface area contributed by atoms with E-state index in [2.05, 4.69) is 21.4 Å². The van der Waals surface area contributed by atoms with E-state index in [1.165, 1.54) is 12.0 Å². The van der Waals surface area contributed by atoms with Crippen molar-refractivity contribution in [1.82, 2.24) is 19.5 Å². The van der Waals surface area contributed by atoms with Crippen molar-refractivity contribution in [1.29, 1.82) is 0 Å². The minimum Gasteiger partial charge on any atom is -0.323 e. The Morgan fingerprint density at radius 1 is 1.13 bits per heavy atom. The number of H-pyrrole nitrogens is 1. The second-order valence-corrected chi connectivity index (χ2v) is 8.30. The lowest BCUT2D eigenvalue weighted by molar-refractivity contribution is 0.862. The number of anilines is 2. The number of para-hydroxylation sites is 1. The lowest BCUT2D eigenvalue weighted by Crippen LogP contribution is -2.13. The summed E-state index contributed by atoms with van der Waals surface area (Å²) in [7, 11) is 1.85. The molecule has 30 heavy (non-hydrogen) atoms. The van der Waals surface area contributed by atoms with Crippen LogP contribution in [0.4, 0.5) is 11.6 Å². The van der Waals surface area contributed by atoms with Gasteiger partial charge in [-0.15, -0.1) is 0 Å². The van der Waals surface area contributed by atoms with E-state index in [9.17, 15) is 4.79 Å². The van der Waals surface area contributed by atoms with Gasteiger partial charge < -0.3 is 14.9 Å². The first-order valence-electron chi connectivity index (χ1n) is 9.78. The fourth-order valence-electron chi connectivity index (χ4n) is 4.02. The van der Waals surface area contributed by atoms with Crippen molar-refractivity contribution in [3.05, 3.63) is 68.2 Å². The number of aromatic nitrogens is 4. The number of aromatic amines is 1. The van der Waals surface area contributed by atoms with Crippen LogP contribution in [-0.2, 0) is 13.5 Å². The zero-order valence-electron chi connectivity index (χ0n) is 16.3. The molecule has 8 heteroatoms. The van der Waals surface area contributed by atoms with Gasteiger partial charge in [-0.3, -0.25) is 4.79 Å². The molecule has 2 aromatic carbocycles. The van der Waals surface area contributed by atoms with Gasteiger partial charge in [0.05, 0.1) is 37.7 Å². The molecule has 0 radical (unpaired) electrons. The molecule has 0 aliphatic heterocycles. The maximum Gasteiger partial charge on any atom is 0.260 e. The molecule has 4 aromatic rings. The van der Waals surface area contributed by atoms with Gasteiger partial charge in [0.25, 0.3) is 5.56 Å². The van der Waals surface area contributed by atoms with Crippen molar-refractivity contribution in [2.45, 2.75) is 25.7 Å². The van der Waals surface area contributed by atoms with Gasteiger partial charge in [-0.1, -0.05) is 40.9 Å². The zero-order chi connectivity index (χ0) is 20.8. The van der Waals surface area contributed by atoms with Gasteiger partial charge in [0.15, 0.2) is 0 Å². The maximum absolute atomic E-state index is 13.0. The van der Waals surface area contributed by atoms with E-state index in [4.69, 9.17) is 28.2 Å². The van der Waals surface area contributed by atoms with Crippen LogP contribution < -0.4 is 10.9 Å². The Bertz CT molecular complexity index is 1370. The number of aryl methyl sites for hydroxylation is 1. The van der Waals surface area contributed by atoms with E-state index in [1.54, 1.807) is 18.2 Å². The van der Waals surface area contributed by atoms with Crippen LogP contribution in [0.2, 0.25) is 10.0 Å². The molecule has 0 amide bonds. The van der Waals surface area contributed by atoms with Crippen LogP contribution in [0.25, 0.3) is 21.9 Å². The molecule has 2 N–H and O–H groups in total. The molecule has 0 saturated carbocycles. The zero-order valence-corrected chi connectivity index (χ0v) is 17.8. The molecule has 2 aromatic heterocycles. The number of allylic oxidation sites excluding steroid dienone is 2. The van der Waals surface area contributed by atoms with Crippen LogP contribution in [0.3, 0.4) is 0 Å². The van der Waals surface area contributed by atoms with Gasteiger partial charge >= 0.3 is 0 Å². The highest BCUT2D eigenvalue weighted by Gasteiger charge is 2.17. The average molecular weight is 440 g/mol. The number of nitrogens with zero attached hydrogens (tertiary/aromatic N) is 3. The van der Waals surface area contributed by atoms with E-state index < -0.39 is 0 Å². The highest BCUT2D eigenvalue weighted by molar-refractivity contribution is 6.39. The third kappa shape index (κ3) is 3.26. The summed E-state index contributed by atoms with van der Waals surface area (Å²) in [5.41, 5.74) is 3.80. The molecule has 2 heterocycles. The molecule has 1 aliphatic rings. The first kappa shape index (κ1) is 19.2. The van der Waals surface area contributed by atoms with Gasteiger partial charge in [0.2, 0.25) is 5.95 Å². The predicted molar refractivity (Wildman–Crippen MR) is 122 cm³/mol. The Kier molecular flexibility index (Phi) is 4.76. The van der Waals surface area contributed by atoms with Crippen molar-refractivity contribution in [3.63, 3.8) is 0 Å². The fourth-order valence-corrected chi connectivity index (χ4v) is 4.51. The molecule has 6 nitrogen and oxygen atoms in total. The third-order valence-electron chi connectivity index (χ3n) is 5.48. The number of hydrogen-bond acceptors (Lipinski definition) is 4. The number of nitrogens with one attached hydrogen (secondary N) is 2. The van der Waals surface area contributed by atoms with Crippen molar-refractivity contribution in [3.8, 4) is 0 Å². The minimum absolute atomic E-state index is 0.162. The molecule has 0 atom stereocenters. The topological polar surface area (TPSA) is 75.6 Å². The van der Waals surface area contributed by atoms with Crippen molar-refractivity contribution in [2.24, 2.45) is 7.05 Å². The van der Waals surface area contributed by atoms with E-state index in [0.29, 0.717) is 55.9 Å². The highest BCUT2D eigenvalue weighted by Crippen LogP contribution is 2.34. The van der Waals surface area contributed by atoms with Gasteiger partial charge in [0.1, 0.15) is 5.82 Å². The Balaban J connectivity index is 1.62. The number of imidazole rings is 1. The molecule has 0 spiro atoms. The van der Waals surface area contributed by atoms with Crippen molar-refractivity contribution in [2.75, 3.05) is 5.32 Å². The first-order valence-corrected chi connectivity index (χ1v) is 10.5. The van der Waals surface area contributed by atoms with Gasteiger partial charge in [-0.05, 0) is 43.5 Å². The lowest BCUT2D eigenvalue weighted by Gasteiger charge is -2.10. The summed E-state index contributed by atoms with van der Waals surface area (Å²) in [6, 6.07) is 9.01. The lowest BCUT2D eigenvalue weighted by atomic mass is 10.1. The summed E-state index contributed by atoms with van der Waals surface area (Å²) >= 11 is 12.6. The quantitative estimate of drug-likeness (QED) is 0.410. The summed E-state index contributed by atoms with van der Waals surface area (Å²) in [6.07, 6.45) is 6.28. The molecule has 152 valence electrons. The SMILES string of the molecule is Cn1c(Nc2c(Cl)cccc2Cl)nc2ccc3nc(CC4=CCCC4)[nH]c(=O)c3c21. The van der Waals surface area contributed by atoms with E-state index in [-0.39, 0.29) is 5.56 Å². The number of fused-ring (bicyclic) bond motifs is 3. The summed E-state index contributed by atoms with van der Waals surface area (Å²) < 4.78 is 1.83. The van der Waals surface area contributed by atoms with Crippen molar-refractivity contribution < 1.29 is 0 Å². The van der Waals surface area contributed by atoms with Gasteiger partial charge in [-0.2, -0.15) is 0 Å². The van der Waals surface area contributed by atoms with Crippen LogP contribution in [-0.4, -0.2) is 19.5 Å². The highest BCUT2D eigenvalue weighted by atomic mass is 35.5. The van der Waals surface area contributed by atoms with Crippen LogP contribution in [0.5, 0.6) is 0 Å². The van der Waals surface area contributed by atoms with Crippen LogP contribution in [0.1, 0.15) is 25.1 Å². The largest absolute Gasteiger partial charge is 0.323 e. The van der Waals surface area contributed by atoms with Gasteiger partial charge in [-0.25, -0.2) is 9.97 Å². The Labute approximate surface area is 182 Å². The first-order chi connectivity index (χ1) is 14.5. The van der Waals surface area contributed by atoms with E-state index in [0.717, 1.165) is 12.8 Å². The normalized spacial score (nSPS) is 13.9. The smallest absolute Gasteiger partial charge is 0.260 e. The van der Waals surface area contributed by atoms with E-state index >= 15 is 0 Å².